The van der Waals surface area contributed by atoms with Gasteiger partial charge in [-0.15, -0.1) is 0 Å². The predicted octanol–water partition coefficient (Wildman–Crippen LogP) is 2.97. The van der Waals surface area contributed by atoms with Gasteiger partial charge in [-0.05, 0) is 31.7 Å². The summed E-state index contributed by atoms with van der Waals surface area (Å²) in [4.78, 5) is 10.3. The molecule has 0 bridgehead atoms. The zero-order valence-electron chi connectivity index (χ0n) is 11.8. The summed E-state index contributed by atoms with van der Waals surface area (Å²) in [5.41, 5.74) is 0.825. The highest BCUT2D eigenvalue weighted by Gasteiger charge is 2.22. The summed E-state index contributed by atoms with van der Waals surface area (Å²) in [5.74, 6) is 0.499. The highest BCUT2D eigenvalue weighted by molar-refractivity contribution is 5.61. The summed E-state index contributed by atoms with van der Waals surface area (Å²) in [7, 11) is 3.25. The Balaban J connectivity index is 2.10. The summed E-state index contributed by atoms with van der Waals surface area (Å²) in [6, 6.07) is 4.94. The summed E-state index contributed by atoms with van der Waals surface area (Å²) in [6.45, 7) is 0. The van der Waals surface area contributed by atoms with Crippen LogP contribution < -0.4 is 10.1 Å². The third-order valence-corrected chi connectivity index (χ3v) is 3.71. The van der Waals surface area contributed by atoms with Crippen molar-refractivity contribution in [1.82, 2.24) is 0 Å². The van der Waals surface area contributed by atoms with E-state index in [9.17, 15) is 10.1 Å². The van der Waals surface area contributed by atoms with Gasteiger partial charge in [0.05, 0.1) is 29.9 Å². The summed E-state index contributed by atoms with van der Waals surface area (Å²) < 4.78 is 10.6. The highest BCUT2D eigenvalue weighted by Crippen LogP contribution is 2.32. The Kier molecular flexibility index (Phi) is 4.79. The van der Waals surface area contributed by atoms with Gasteiger partial charge in [0, 0.05) is 19.2 Å². The number of hydrogen-bond acceptors (Lipinski definition) is 5. The van der Waals surface area contributed by atoms with Crippen molar-refractivity contribution >= 4 is 11.4 Å². The van der Waals surface area contributed by atoms with Gasteiger partial charge < -0.3 is 14.8 Å². The molecule has 0 spiro atoms. The van der Waals surface area contributed by atoms with Crippen LogP contribution in [0.2, 0.25) is 0 Å². The van der Waals surface area contributed by atoms with Crippen LogP contribution >= 0.6 is 0 Å². The van der Waals surface area contributed by atoms with Gasteiger partial charge in [0.1, 0.15) is 5.75 Å². The fraction of sp³-hybridized carbons (Fsp3) is 0.571. The standard InChI is InChI=1S/C14H20N2O4/c1-19-12-5-3-4-10(8-12)15-13-7-6-11(16(17)18)9-14(13)20-2/h6-7,9-10,12,15H,3-5,8H2,1-2H3. The third kappa shape index (κ3) is 3.39. The Bertz CT molecular complexity index is 478. The molecule has 1 aliphatic carbocycles. The quantitative estimate of drug-likeness (QED) is 0.663. The fourth-order valence-electron chi connectivity index (χ4n) is 2.62. The molecule has 1 aromatic rings. The minimum atomic E-state index is -0.423. The van der Waals surface area contributed by atoms with E-state index in [1.54, 1.807) is 13.2 Å². The smallest absolute Gasteiger partial charge is 0.273 e. The molecule has 0 heterocycles. The molecule has 2 unspecified atom stereocenters. The monoisotopic (exact) mass is 280 g/mol. The van der Waals surface area contributed by atoms with Gasteiger partial charge in [0.2, 0.25) is 0 Å². The summed E-state index contributed by atoms with van der Waals surface area (Å²) in [5, 5.41) is 14.2. The highest BCUT2D eigenvalue weighted by atomic mass is 16.6. The van der Waals surface area contributed by atoms with E-state index < -0.39 is 4.92 Å². The fourth-order valence-corrected chi connectivity index (χ4v) is 2.62. The number of nitrogens with zero attached hydrogens (tertiary/aromatic N) is 1. The number of nitro groups is 1. The maximum Gasteiger partial charge on any atom is 0.273 e. The molecular weight excluding hydrogens is 260 g/mol. The van der Waals surface area contributed by atoms with Gasteiger partial charge in [-0.25, -0.2) is 0 Å². The van der Waals surface area contributed by atoms with Gasteiger partial charge in [0.25, 0.3) is 5.69 Å². The molecule has 0 radical (unpaired) electrons. The maximum absolute atomic E-state index is 10.8. The predicted molar refractivity (Wildman–Crippen MR) is 76.3 cm³/mol. The topological polar surface area (TPSA) is 73.6 Å². The second-order valence-corrected chi connectivity index (χ2v) is 5.01. The number of anilines is 1. The lowest BCUT2D eigenvalue weighted by Gasteiger charge is -2.29. The molecule has 0 aromatic heterocycles. The van der Waals surface area contributed by atoms with E-state index in [1.807, 2.05) is 0 Å². The molecule has 1 saturated carbocycles. The molecule has 1 fully saturated rings. The average Bonchev–Trinajstić information content (AvgIpc) is 2.47. The Hall–Kier alpha value is -1.82. The van der Waals surface area contributed by atoms with E-state index in [4.69, 9.17) is 9.47 Å². The summed E-state index contributed by atoms with van der Waals surface area (Å²) in [6.07, 6.45) is 4.50. The van der Waals surface area contributed by atoms with Crippen LogP contribution in [0.1, 0.15) is 25.7 Å². The van der Waals surface area contributed by atoms with E-state index in [1.165, 1.54) is 19.2 Å². The zero-order valence-corrected chi connectivity index (χ0v) is 11.8. The van der Waals surface area contributed by atoms with E-state index in [2.05, 4.69) is 5.32 Å². The zero-order chi connectivity index (χ0) is 14.5. The second-order valence-electron chi connectivity index (χ2n) is 5.01. The molecule has 0 amide bonds. The van der Waals surface area contributed by atoms with Crippen molar-refractivity contribution in [1.29, 1.82) is 0 Å². The molecular formula is C14H20N2O4. The number of nitrogens with one attached hydrogen (secondary N) is 1. The Morgan fingerprint density at radius 1 is 1.35 bits per heavy atom. The van der Waals surface area contributed by atoms with Crippen LogP contribution in [0.4, 0.5) is 11.4 Å². The van der Waals surface area contributed by atoms with Crippen LogP contribution in [0, 0.1) is 10.1 Å². The van der Waals surface area contributed by atoms with Gasteiger partial charge in [-0.1, -0.05) is 0 Å². The van der Waals surface area contributed by atoms with Crippen molar-refractivity contribution in [2.45, 2.75) is 37.8 Å². The molecule has 1 aromatic carbocycles. The summed E-state index contributed by atoms with van der Waals surface area (Å²) >= 11 is 0. The van der Waals surface area contributed by atoms with Crippen LogP contribution in [0.25, 0.3) is 0 Å². The van der Waals surface area contributed by atoms with Crippen molar-refractivity contribution in [3.8, 4) is 5.75 Å². The first-order valence-electron chi connectivity index (χ1n) is 6.75. The normalized spacial score (nSPS) is 22.3. The molecule has 2 atom stereocenters. The van der Waals surface area contributed by atoms with E-state index in [0.717, 1.165) is 31.4 Å². The van der Waals surface area contributed by atoms with Gasteiger partial charge in [-0.3, -0.25) is 10.1 Å². The minimum Gasteiger partial charge on any atom is -0.494 e. The molecule has 6 nitrogen and oxygen atoms in total. The minimum absolute atomic E-state index is 0.0332. The van der Waals surface area contributed by atoms with Crippen LogP contribution in [0.3, 0.4) is 0 Å². The Morgan fingerprint density at radius 3 is 2.80 bits per heavy atom. The van der Waals surface area contributed by atoms with Gasteiger partial charge >= 0.3 is 0 Å². The van der Waals surface area contributed by atoms with Crippen molar-refractivity contribution in [3.05, 3.63) is 28.3 Å². The van der Waals surface area contributed by atoms with Crippen molar-refractivity contribution in [2.75, 3.05) is 19.5 Å². The number of nitro benzene ring substituents is 1. The van der Waals surface area contributed by atoms with Crippen molar-refractivity contribution < 1.29 is 14.4 Å². The number of rotatable bonds is 5. The van der Waals surface area contributed by atoms with Crippen LogP contribution in [0.15, 0.2) is 18.2 Å². The number of benzene rings is 1. The molecule has 6 heteroatoms. The molecule has 0 aliphatic heterocycles. The number of hydrogen-bond donors (Lipinski definition) is 1. The van der Waals surface area contributed by atoms with E-state index in [-0.39, 0.29) is 11.8 Å². The third-order valence-electron chi connectivity index (χ3n) is 3.71. The van der Waals surface area contributed by atoms with Gasteiger partial charge in [-0.2, -0.15) is 0 Å². The molecule has 1 N–H and O–H groups in total. The number of ether oxygens (including phenoxy) is 2. The van der Waals surface area contributed by atoms with Crippen molar-refractivity contribution in [3.63, 3.8) is 0 Å². The first kappa shape index (κ1) is 14.6. The Labute approximate surface area is 118 Å². The maximum atomic E-state index is 10.8. The largest absolute Gasteiger partial charge is 0.494 e. The van der Waals surface area contributed by atoms with Crippen LogP contribution in [-0.2, 0) is 4.74 Å². The molecule has 20 heavy (non-hydrogen) atoms. The number of non-ortho nitro benzene ring substituents is 1. The van der Waals surface area contributed by atoms with Gasteiger partial charge in [0.15, 0.2) is 0 Å². The Morgan fingerprint density at radius 2 is 2.15 bits per heavy atom. The van der Waals surface area contributed by atoms with E-state index >= 15 is 0 Å². The average molecular weight is 280 g/mol. The molecule has 2 rings (SSSR count). The van der Waals surface area contributed by atoms with Crippen LogP contribution in [-0.4, -0.2) is 31.3 Å². The first-order valence-corrected chi connectivity index (χ1v) is 6.75. The first-order chi connectivity index (χ1) is 9.63. The lowest BCUT2D eigenvalue weighted by molar-refractivity contribution is -0.384. The lowest BCUT2D eigenvalue weighted by Crippen LogP contribution is -2.31. The van der Waals surface area contributed by atoms with Crippen LogP contribution in [0.5, 0.6) is 5.75 Å². The van der Waals surface area contributed by atoms with Crippen molar-refractivity contribution in [2.24, 2.45) is 0 Å². The molecule has 1 aliphatic rings. The SMILES string of the molecule is COc1cc([N+](=O)[O-])ccc1NC1CCCC(OC)C1. The second kappa shape index (κ2) is 6.56. The van der Waals surface area contributed by atoms with E-state index in [0.29, 0.717) is 11.8 Å². The molecule has 110 valence electrons. The lowest BCUT2D eigenvalue weighted by atomic mass is 9.92. The molecule has 0 saturated heterocycles. The number of methoxy groups -OCH3 is 2.